The zero-order valence-corrected chi connectivity index (χ0v) is 19.1. The van der Waals surface area contributed by atoms with E-state index in [0.29, 0.717) is 16.5 Å². The Morgan fingerprint density at radius 1 is 1.14 bits per heavy atom. The molecule has 1 amide bonds. The molecule has 1 unspecified atom stereocenters. The summed E-state index contributed by atoms with van der Waals surface area (Å²) in [4.78, 5) is 23.3. The molecule has 7 nitrogen and oxygen atoms in total. The summed E-state index contributed by atoms with van der Waals surface area (Å²) in [7, 11) is 0. The van der Waals surface area contributed by atoms with Crippen molar-refractivity contribution in [1.82, 2.24) is 4.90 Å². The van der Waals surface area contributed by atoms with Gasteiger partial charge in [-0.15, -0.1) is 0 Å². The Bertz CT molecular complexity index is 1120. The lowest BCUT2D eigenvalue weighted by Gasteiger charge is -2.18. The summed E-state index contributed by atoms with van der Waals surface area (Å²) in [6.07, 6.45) is -2.56. The number of carboxylic acid groups (broad SMARTS) is 1. The van der Waals surface area contributed by atoms with Crippen LogP contribution < -0.4 is 10.1 Å². The number of furan rings is 1. The molecule has 0 aliphatic carbocycles. The Hall–Kier alpha value is -3.50. The van der Waals surface area contributed by atoms with Crippen molar-refractivity contribution in [3.05, 3.63) is 83.3 Å². The second kappa shape index (κ2) is 11.8. The van der Waals surface area contributed by atoms with Crippen LogP contribution in [0.1, 0.15) is 22.5 Å². The molecule has 0 saturated carbocycles. The van der Waals surface area contributed by atoms with E-state index in [9.17, 15) is 18.0 Å². The molecule has 2 heterocycles. The lowest BCUT2D eigenvalue weighted by atomic mass is 10.2. The van der Waals surface area contributed by atoms with Gasteiger partial charge < -0.3 is 19.6 Å². The summed E-state index contributed by atoms with van der Waals surface area (Å²) in [5, 5.41) is 10.4. The summed E-state index contributed by atoms with van der Waals surface area (Å²) in [6, 6.07) is 19.0. The minimum Gasteiger partial charge on any atom is -0.487 e. The quantitative estimate of drug-likeness (QED) is 0.457. The van der Waals surface area contributed by atoms with Crippen LogP contribution in [0.5, 0.6) is 5.75 Å². The molecule has 1 saturated heterocycles. The van der Waals surface area contributed by atoms with Crippen LogP contribution in [-0.4, -0.2) is 47.3 Å². The molecule has 3 aromatic rings. The Balaban J connectivity index is 0.000000429. The second-order valence-electron chi connectivity index (χ2n) is 7.63. The fourth-order valence-corrected chi connectivity index (χ4v) is 3.56. The van der Waals surface area contributed by atoms with Gasteiger partial charge >= 0.3 is 12.1 Å². The number of carboxylic acids is 1. The van der Waals surface area contributed by atoms with Gasteiger partial charge in [-0.3, -0.25) is 9.69 Å². The van der Waals surface area contributed by atoms with E-state index in [-0.39, 0.29) is 17.8 Å². The number of alkyl halides is 3. The Kier molecular flexibility index (Phi) is 8.78. The summed E-state index contributed by atoms with van der Waals surface area (Å²) in [6.45, 7) is 2.78. The fraction of sp³-hybridized carbons (Fsp3) is 0.250. The minimum absolute atomic E-state index is 0.102. The molecule has 1 aromatic heterocycles. The van der Waals surface area contributed by atoms with Gasteiger partial charge in [-0.25, -0.2) is 4.79 Å². The molecule has 35 heavy (non-hydrogen) atoms. The van der Waals surface area contributed by atoms with Crippen LogP contribution in [0, 0.1) is 0 Å². The standard InChI is InChI=1S/C22H21ClN2O3.C2HF3O2/c23-19-13-17(24-22(26)21-7-4-12-27-21)8-9-20(19)28-18-10-11-25(15-18)14-16-5-2-1-3-6-16;3-2(4,5)1(6)7/h1-9,12-13,18H,10-11,14-15H2,(H,24,26);(H,6,7). The van der Waals surface area contributed by atoms with E-state index in [1.165, 1.54) is 11.8 Å². The molecular weight excluding hydrogens is 489 g/mol. The number of ether oxygens (including phenoxy) is 1. The molecule has 186 valence electrons. The number of benzene rings is 2. The molecule has 0 spiro atoms. The van der Waals surface area contributed by atoms with E-state index in [1.807, 2.05) is 6.07 Å². The van der Waals surface area contributed by atoms with Crippen LogP contribution >= 0.6 is 11.6 Å². The molecule has 11 heteroatoms. The first kappa shape index (κ1) is 26.1. The molecular formula is C24H22ClF3N2O5. The summed E-state index contributed by atoms with van der Waals surface area (Å²) < 4.78 is 42.9. The number of rotatable bonds is 6. The number of nitrogens with zero attached hydrogens (tertiary/aromatic N) is 1. The Morgan fingerprint density at radius 3 is 2.46 bits per heavy atom. The van der Waals surface area contributed by atoms with Crippen molar-refractivity contribution in [1.29, 1.82) is 0 Å². The van der Waals surface area contributed by atoms with Gasteiger partial charge in [-0.05, 0) is 42.3 Å². The minimum atomic E-state index is -5.08. The van der Waals surface area contributed by atoms with E-state index >= 15 is 0 Å². The van der Waals surface area contributed by atoms with Crippen molar-refractivity contribution in [2.24, 2.45) is 0 Å². The van der Waals surface area contributed by atoms with Crippen LogP contribution in [0.3, 0.4) is 0 Å². The van der Waals surface area contributed by atoms with E-state index in [4.69, 9.17) is 30.7 Å². The summed E-state index contributed by atoms with van der Waals surface area (Å²) in [5.41, 5.74) is 1.90. The highest BCUT2D eigenvalue weighted by atomic mass is 35.5. The van der Waals surface area contributed by atoms with Crippen molar-refractivity contribution in [3.63, 3.8) is 0 Å². The van der Waals surface area contributed by atoms with Crippen LogP contribution in [0.2, 0.25) is 5.02 Å². The monoisotopic (exact) mass is 510 g/mol. The molecule has 2 N–H and O–H groups in total. The number of carbonyl (C=O) groups is 2. The number of likely N-dealkylation sites (tertiary alicyclic amines) is 1. The largest absolute Gasteiger partial charge is 0.490 e. The molecule has 1 aliphatic rings. The van der Waals surface area contributed by atoms with Crippen molar-refractivity contribution < 1.29 is 37.0 Å². The maximum absolute atomic E-state index is 12.1. The van der Waals surface area contributed by atoms with Gasteiger partial charge in [0.05, 0.1) is 11.3 Å². The number of hydrogen-bond donors (Lipinski definition) is 2. The molecule has 4 rings (SSSR count). The van der Waals surface area contributed by atoms with E-state index in [1.54, 1.807) is 30.3 Å². The van der Waals surface area contributed by atoms with Crippen LogP contribution in [0.4, 0.5) is 18.9 Å². The first-order valence-corrected chi connectivity index (χ1v) is 10.9. The number of halogens is 4. The first-order valence-electron chi connectivity index (χ1n) is 10.5. The highest BCUT2D eigenvalue weighted by molar-refractivity contribution is 6.32. The van der Waals surface area contributed by atoms with Crippen molar-refractivity contribution in [2.75, 3.05) is 18.4 Å². The third-order valence-electron chi connectivity index (χ3n) is 4.95. The zero-order chi connectivity index (χ0) is 25.4. The van der Waals surface area contributed by atoms with E-state index in [0.717, 1.165) is 26.1 Å². The Morgan fingerprint density at radius 2 is 1.86 bits per heavy atom. The molecule has 0 bridgehead atoms. The third-order valence-corrected chi connectivity index (χ3v) is 5.24. The predicted octanol–water partition coefficient (Wildman–Crippen LogP) is 5.47. The van der Waals surface area contributed by atoms with Crippen molar-refractivity contribution in [2.45, 2.75) is 25.2 Å². The van der Waals surface area contributed by atoms with Gasteiger partial charge in [0.1, 0.15) is 11.9 Å². The number of hydrogen-bond acceptors (Lipinski definition) is 5. The predicted molar refractivity (Wildman–Crippen MR) is 123 cm³/mol. The third kappa shape index (κ3) is 8.04. The van der Waals surface area contributed by atoms with Gasteiger partial charge in [0.2, 0.25) is 0 Å². The summed E-state index contributed by atoms with van der Waals surface area (Å²) >= 11 is 6.37. The summed E-state index contributed by atoms with van der Waals surface area (Å²) in [5.74, 6) is -2.19. The van der Waals surface area contributed by atoms with Crippen LogP contribution in [-0.2, 0) is 11.3 Å². The number of anilines is 1. The van der Waals surface area contributed by atoms with Gasteiger partial charge in [-0.1, -0.05) is 41.9 Å². The normalized spacial score (nSPS) is 15.7. The topological polar surface area (TPSA) is 92.0 Å². The lowest BCUT2D eigenvalue weighted by molar-refractivity contribution is -0.192. The SMILES string of the molecule is O=C(Nc1ccc(OC2CCN(Cc3ccccc3)C2)c(Cl)c1)c1ccco1.O=C(O)C(F)(F)F. The molecule has 0 radical (unpaired) electrons. The van der Waals surface area contributed by atoms with Crippen LogP contribution in [0.25, 0.3) is 0 Å². The maximum atomic E-state index is 12.1. The van der Waals surface area contributed by atoms with E-state index in [2.05, 4.69) is 34.5 Å². The zero-order valence-electron chi connectivity index (χ0n) is 18.3. The smallest absolute Gasteiger partial charge is 0.487 e. The van der Waals surface area contributed by atoms with Crippen molar-refractivity contribution >= 4 is 29.2 Å². The molecule has 2 aromatic carbocycles. The van der Waals surface area contributed by atoms with Crippen molar-refractivity contribution in [3.8, 4) is 5.75 Å². The van der Waals surface area contributed by atoms with Gasteiger partial charge in [0.15, 0.2) is 5.76 Å². The van der Waals surface area contributed by atoms with Gasteiger partial charge in [-0.2, -0.15) is 13.2 Å². The fourth-order valence-electron chi connectivity index (χ4n) is 3.33. The number of nitrogens with one attached hydrogen (secondary N) is 1. The highest BCUT2D eigenvalue weighted by Gasteiger charge is 2.38. The van der Waals surface area contributed by atoms with Gasteiger partial charge in [0, 0.05) is 25.3 Å². The molecule has 1 aliphatic heterocycles. The van der Waals surface area contributed by atoms with Crippen LogP contribution in [0.15, 0.2) is 71.3 Å². The molecule has 1 fully saturated rings. The number of carbonyl (C=O) groups excluding carboxylic acids is 1. The second-order valence-corrected chi connectivity index (χ2v) is 8.04. The Labute approximate surface area is 204 Å². The number of amides is 1. The average molecular weight is 511 g/mol. The number of aliphatic carboxylic acids is 1. The maximum Gasteiger partial charge on any atom is 0.490 e. The first-order chi connectivity index (χ1) is 16.6. The highest BCUT2D eigenvalue weighted by Crippen LogP contribution is 2.30. The molecule has 1 atom stereocenters. The van der Waals surface area contributed by atoms with E-state index < -0.39 is 12.1 Å². The van der Waals surface area contributed by atoms with Gasteiger partial charge in [0.25, 0.3) is 5.91 Å². The average Bonchev–Trinajstić information content (AvgIpc) is 3.49. The lowest BCUT2D eigenvalue weighted by Crippen LogP contribution is -2.24.